The van der Waals surface area contributed by atoms with E-state index in [0.717, 1.165) is 12.8 Å². The Hall–Kier alpha value is -0.520. The van der Waals surface area contributed by atoms with Crippen LogP contribution in [0.3, 0.4) is 0 Å². The molecule has 0 rings (SSSR count). The van der Waals surface area contributed by atoms with E-state index in [2.05, 4.69) is 45.4 Å². The van der Waals surface area contributed by atoms with Crippen LogP contribution >= 0.6 is 0 Å². The molecule has 0 heteroatoms. The second-order valence-corrected chi connectivity index (χ2v) is 3.12. The third-order valence-corrected chi connectivity index (χ3v) is 1.70. The lowest BCUT2D eigenvalue weighted by Crippen LogP contribution is -1.74. The average molecular weight is 165 g/mol. The van der Waals surface area contributed by atoms with Crippen molar-refractivity contribution < 1.29 is 0 Å². The second-order valence-electron chi connectivity index (χ2n) is 3.12. The quantitative estimate of drug-likeness (QED) is 0.515. The van der Waals surface area contributed by atoms with E-state index in [1.54, 1.807) is 0 Å². The van der Waals surface area contributed by atoms with Gasteiger partial charge in [0, 0.05) is 0 Å². The van der Waals surface area contributed by atoms with Gasteiger partial charge in [-0.3, -0.25) is 0 Å². The van der Waals surface area contributed by atoms with E-state index >= 15 is 0 Å². The number of allylic oxidation sites excluding steroid dienone is 4. The Kier molecular flexibility index (Phi) is 8.20. The highest BCUT2D eigenvalue weighted by Gasteiger charge is 1.84. The highest BCUT2D eigenvalue weighted by molar-refractivity contribution is 5.09. The van der Waals surface area contributed by atoms with Crippen molar-refractivity contribution in [3.8, 4) is 0 Å². The standard InChI is InChI=1S/C12H21/c1-4-6-8-9-11-12(3)10-7-5-2/h7-10H,4-6,11H2,1-3H3. The molecule has 0 bridgehead atoms. The predicted molar refractivity (Wildman–Crippen MR) is 57.0 cm³/mol. The first kappa shape index (κ1) is 11.5. The summed E-state index contributed by atoms with van der Waals surface area (Å²) in [7, 11) is 0. The third-order valence-electron chi connectivity index (χ3n) is 1.70. The van der Waals surface area contributed by atoms with E-state index in [4.69, 9.17) is 0 Å². The Morgan fingerprint density at radius 2 is 1.92 bits per heavy atom. The highest BCUT2D eigenvalue weighted by Crippen LogP contribution is 2.04. The third kappa shape index (κ3) is 7.59. The van der Waals surface area contributed by atoms with Gasteiger partial charge in [-0.05, 0) is 32.6 Å². The first-order valence-corrected chi connectivity index (χ1v) is 4.95. The molecule has 0 heterocycles. The van der Waals surface area contributed by atoms with Crippen molar-refractivity contribution >= 4 is 0 Å². The van der Waals surface area contributed by atoms with Crippen molar-refractivity contribution in [2.75, 3.05) is 0 Å². The minimum absolute atomic E-state index is 1.11. The van der Waals surface area contributed by atoms with Crippen LogP contribution in [0.2, 0.25) is 0 Å². The molecule has 0 saturated carbocycles. The lowest BCUT2D eigenvalue weighted by molar-refractivity contribution is 0.952. The summed E-state index contributed by atoms with van der Waals surface area (Å²) in [5.74, 6) is 0. The second kappa shape index (κ2) is 8.58. The van der Waals surface area contributed by atoms with Gasteiger partial charge < -0.3 is 0 Å². The molecule has 0 N–H and O–H groups in total. The summed E-state index contributed by atoms with van der Waals surface area (Å²) in [6.07, 6.45) is 13.7. The van der Waals surface area contributed by atoms with Gasteiger partial charge in [0.15, 0.2) is 0 Å². The van der Waals surface area contributed by atoms with Crippen molar-refractivity contribution in [1.82, 2.24) is 0 Å². The molecule has 1 radical (unpaired) electrons. The molecule has 0 aromatic rings. The first-order chi connectivity index (χ1) is 5.81. The number of unbranched alkanes of at least 4 members (excludes halogenated alkanes) is 2. The summed E-state index contributed by atoms with van der Waals surface area (Å²) in [5.41, 5.74) is 1.45. The van der Waals surface area contributed by atoms with Crippen LogP contribution in [-0.2, 0) is 0 Å². The van der Waals surface area contributed by atoms with Crippen LogP contribution in [-0.4, -0.2) is 0 Å². The van der Waals surface area contributed by atoms with E-state index in [1.165, 1.54) is 18.4 Å². The average Bonchev–Trinajstić information content (AvgIpc) is 2.09. The van der Waals surface area contributed by atoms with Gasteiger partial charge in [0.25, 0.3) is 0 Å². The van der Waals surface area contributed by atoms with Gasteiger partial charge in [-0.15, -0.1) is 0 Å². The molecule has 0 saturated heterocycles. The van der Waals surface area contributed by atoms with E-state index in [1.807, 2.05) is 0 Å². The van der Waals surface area contributed by atoms with Crippen molar-refractivity contribution in [2.24, 2.45) is 0 Å². The van der Waals surface area contributed by atoms with Crippen LogP contribution in [0, 0.1) is 6.42 Å². The van der Waals surface area contributed by atoms with Gasteiger partial charge in [-0.25, -0.2) is 0 Å². The molecule has 0 aliphatic carbocycles. The maximum Gasteiger partial charge on any atom is -0.0141 e. The molecule has 0 unspecified atom stereocenters. The topological polar surface area (TPSA) is 0 Å². The fourth-order valence-corrected chi connectivity index (χ4v) is 0.941. The molecule has 0 amide bonds. The lowest BCUT2D eigenvalue weighted by Gasteiger charge is -1.94. The Morgan fingerprint density at radius 1 is 1.17 bits per heavy atom. The number of hydrogen-bond donors (Lipinski definition) is 0. The van der Waals surface area contributed by atoms with Crippen molar-refractivity contribution in [3.05, 3.63) is 30.2 Å². The van der Waals surface area contributed by atoms with Crippen LogP contribution in [0.25, 0.3) is 0 Å². The molecule has 0 atom stereocenters. The SMILES string of the molecule is CC[CH]C=C(C)CC=CCCC. The normalized spacial score (nSPS) is 12.8. The summed E-state index contributed by atoms with van der Waals surface area (Å²) >= 11 is 0. The number of hydrogen-bond acceptors (Lipinski definition) is 0. The van der Waals surface area contributed by atoms with Gasteiger partial charge in [0.05, 0.1) is 0 Å². The Balaban J connectivity index is 3.48. The summed E-state index contributed by atoms with van der Waals surface area (Å²) in [5, 5.41) is 0. The summed E-state index contributed by atoms with van der Waals surface area (Å²) < 4.78 is 0. The van der Waals surface area contributed by atoms with Crippen molar-refractivity contribution in [2.45, 2.75) is 46.5 Å². The van der Waals surface area contributed by atoms with Gasteiger partial charge in [-0.1, -0.05) is 44.1 Å². The van der Waals surface area contributed by atoms with Gasteiger partial charge >= 0.3 is 0 Å². The van der Waals surface area contributed by atoms with E-state index in [-0.39, 0.29) is 0 Å². The molecule has 0 aliphatic heterocycles. The van der Waals surface area contributed by atoms with Crippen LogP contribution in [0.4, 0.5) is 0 Å². The van der Waals surface area contributed by atoms with Gasteiger partial charge in [-0.2, -0.15) is 0 Å². The van der Waals surface area contributed by atoms with Gasteiger partial charge in [0.2, 0.25) is 0 Å². The van der Waals surface area contributed by atoms with Crippen molar-refractivity contribution in [3.63, 3.8) is 0 Å². The smallest absolute Gasteiger partial charge is 0.0141 e. The van der Waals surface area contributed by atoms with Gasteiger partial charge in [0.1, 0.15) is 0 Å². The maximum atomic E-state index is 2.27. The minimum atomic E-state index is 1.11. The summed E-state index contributed by atoms with van der Waals surface area (Å²) in [6.45, 7) is 6.55. The fourth-order valence-electron chi connectivity index (χ4n) is 0.941. The van der Waals surface area contributed by atoms with Crippen LogP contribution in [0.5, 0.6) is 0 Å². The lowest BCUT2D eigenvalue weighted by atomic mass is 10.1. The highest BCUT2D eigenvalue weighted by atomic mass is 13.9. The zero-order chi connectivity index (χ0) is 9.23. The molecule has 0 aliphatic rings. The van der Waals surface area contributed by atoms with E-state index in [9.17, 15) is 0 Å². The molecule has 0 aromatic carbocycles. The zero-order valence-corrected chi connectivity index (χ0v) is 8.64. The van der Waals surface area contributed by atoms with E-state index < -0.39 is 0 Å². The maximum absolute atomic E-state index is 2.27. The Labute approximate surface area is 77.4 Å². The predicted octanol–water partition coefficient (Wildman–Crippen LogP) is 4.29. The molecular weight excluding hydrogens is 144 g/mol. The molecule has 0 aromatic heterocycles. The fraction of sp³-hybridized carbons (Fsp3) is 0.583. The molecule has 12 heavy (non-hydrogen) atoms. The van der Waals surface area contributed by atoms with E-state index in [0.29, 0.717) is 0 Å². The van der Waals surface area contributed by atoms with Crippen LogP contribution in [0.15, 0.2) is 23.8 Å². The molecule has 69 valence electrons. The Morgan fingerprint density at radius 3 is 2.50 bits per heavy atom. The summed E-state index contributed by atoms with van der Waals surface area (Å²) in [4.78, 5) is 0. The molecule has 0 fully saturated rings. The minimum Gasteiger partial charge on any atom is -0.0882 e. The summed E-state index contributed by atoms with van der Waals surface area (Å²) in [6, 6.07) is 0. The van der Waals surface area contributed by atoms with Crippen LogP contribution in [0.1, 0.15) is 46.5 Å². The largest absolute Gasteiger partial charge is 0.0882 e. The number of rotatable bonds is 6. The van der Waals surface area contributed by atoms with Crippen molar-refractivity contribution in [1.29, 1.82) is 0 Å². The molecule has 0 nitrogen and oxygen atoms in total. The zero-order valence-electron chi connectivity index (χ0n) is 8.64. The molecular formula is C12H21. The first-order valence-electron chi connectivity index (χ1n) is 4.95. The monoisotopic (exact) mass is 165 g/mol. The Bertz CT molecular complexity index is 140. The van der Waals surface area contributed by atoms with Crippen LogP contribution < -0.4 is 0 Å². The molecule has 0 spiro atoms.